The van der Waals surface area contributed by atoms with Gasteiger partial charge in [-0.1, -0.05) is 0 Å². The van der Waals surface area contributed by atoms with Crippen LogP contribution in [0.1, 0.15) is 33.1 Å². The molecule has 0 bridgehead atoms. The minimum absolute atomic E-state index is 0.113. The average molecular weight is 299 g/mol. The SMILES string of the molecule is CC(C)(CCCCOc1cc(F)ccc1[N+](=O)[O-])C(=O)O. The predicted molar refractivity (Wildman–Crippen MR) is 73.8 cm³/mol. The molecule has 0 aliphatic heterocycles. The molecule has 0 fully saturated rings. The molecule has 0 saturated carbocycles. The van der Waals surface area contributed by atoms with Crippen molar-refractivity contribution in [1.82, 2.24) is 0 Å². The molecule has 1 N–H and O–H groups in total. The molecule has 0 aliphatic rings. The molecule has 0 aliphatic carbocycles. The summed E-state index contributed by atoms with van der Waals surface area (Å²) in [5, 5.41) is 19.7. The number of carboxylic acid groups (broad SMARTS) is 1. The molecule has 0 atom stereocenters. The van der Waals surface area contributed by atoms with Crippen LogP contribution in [0.4, 0.5) is 10.1 Å². The van der Waals surface area contributed by atoms with Gasteiger partial charge in [-0.3, -0.25) is 14.9 Å². The molecule has 0 radical (unpaired) electrons. The number of unbranched alkanes of at least 4 members (excludes halogenated alkanes) is 1. The minimum Gasteiger partial charge on any atom is -0.487 e. The van der Waals surface area contributed by atoms with E-state index in [-0.39, 0.29) is 18.0 Å². The first-order valence-electron chi connectivity index (χ1n) is 6.54. The van der Waals surface area contributed by atoms with E-state index in [0.29, 0.717) is 19.3 Å². The van der Waals surface area contributed by atoms with Crippen LogP contribution in [0.2, 0.25) is 0 Å². The van der Waals surface area contributed by atoms with E-state index < -0.39 is 22.1 Å². The van der Waals surface area contributed by atoms with Gasteiger partial charge < -0.3 is 9.84 Å². The lowest BCUT2D eigenvalue weighted by Crippen LogP contribution is -2.23. The smallest absolute Gasteiger partial charge is 0.311 e. The molecule has 21 heavy (non-hydrogen) atoms. The van der Waals surface area contributed by atoms with Crippen LogP contribution in [0.15, 0.2) is 18.2 Å². The standard InChI is InChI=1S/C14H18FNO5/c1-14(2,13(17)18)7-3-4-8-21-12-9-10(15)5-6-11(12)16(19)20/h5-6,9H,3-4,7-8H2,1-2H3,(H,17,18). The summed E-state index contributed by atoms with van der Waals surface area (Å²) in [5.41, 5.74) is -1.10. The van der Waals surface area contributed by atoms with Crippen molar-refractivity contribution in [3.8, 4) is 5.75 Å². The Morgan fingerprint density at radius 2 is 2.10 bits per heavy atom. The highest BCUT2D eigenvalue weighted by atomic mass is 19.1. The average Bonchev–Trinajstić information content (AvgIpc) is 2.37. The molecule has 1 aromatic rings. The first kappa shape index (κ1) is 16.9. The third kappa shape index (κ3) is 5.02. The Kier molecular flexibility index (Phi) is 5.63. The summed E-state index contributed by atoms with van der Waals surface area (Å²) in [6, 6.07) is 3.03. The monoisotopic (exact) mass is 299 g/mol. The van der Waals surface area contributed by atoms with E-state index in [0.717, 1.165) is 18.2 Å². The molecular formula is C14H18FNO5. The van der Waals surface area contributed by atoms with Gasteiger partial charge in [0.15, 0.2) is 5.75 Å². The first-order valence-corrected chi connectivity index (χ1v) is 6.54. The van der Waals surface area contributed by atoms with Crippen LogP contribution in [-0.4, -0.2) is 22.6 Å². The maximum atomic E-state index is 13.1. The maximum absolute atomic E-state index is 13.1. The lowest BCUT2D eigenvalue weighted by molar-refractivity contribution is -0.385. The molecule has 7 heteroatoms. The van der Waals surface area contributed by atoms with Crippen molar-refractivity contribution in [2.75, 3.05) is 6.61 Å². The van der Waals surface area contributed by atoms with Gasteiger partial charge in [0.1, 0.15) is 5.82 Å². The Balaban J connectivity index is 2.48. The van der Waals surface area contributed by atoms with Crippen molar-refractivity contribution in [2.24, 2.45) is 5.41 Å². The van der Waals surface area contributed by atoms with Gasteiger partial charge in [-0.15, -0.1) is 0 Å². The van der Waals surface area contributed by atoms with Gasteiger partial charge in [-0.05, 0) is 39.2 Å². The zero-order valence-corrected chi connectivity index (χ0v) is 12.0. The number of nitro groups is 1. The second-order valence-corrected chi connectivity index (χ2v) is 5.36. The highest BCUT2D eigenvalue weighted by Gasteiger charge is 2.26. The number of nitrogens with zero attached hydrogens (tertiary/aromatic N) is 1. The Labute approximate surface area is 121 Å². The summed E-state index contributed by atoms with van der Waals surface area (Å²) in [6.45, 7) is 3.43. The quantitative estimate of drug-likeness (QED) is 0.451. The minimum atomic E-state index is -0.871. The Bertz CT molecular complexity index is 530. The number of benzene rings is 1. The molecule has 1 aromatic carbocycles. The Hall–Kier alpha value is -2.18. The summed E-state index contributed by atoms with van der Waals surface area (Å²) >= 11 is 0. The van der Waals surface area contributed by atoms with E-state index in [9.17, 15) is 19.3 Å². The van der Waals surface area contributed by atoms with Crippen LogP contribution >= 0.6 is 0 Å². The lowest BCUT2D eigenvalue weighted by atomic mass is 9.87. The van der Waals surface area contributed by atoms with Gasteiger partial charge in [0.05, 0.1) is 16.9 Å². The fraction of sp³-hybridized carbons (Fsp3) is 0.500. The molecule has 0 saturated heterocycles. The van der Waals surface area contributed by atoms with Crippen LogP contribution in [0.25, 0.3) is 0 Å². The number of nitro benzene ring substituents is 1. The molecule has 0 heterocycles. The van der Waals surface area contributed by atoms with Gasteiger partial charge in [-0.25, -0.2) is 4.39 Å². The van der Waals surface area contributed by atoms with Crippen molar-refractivity contribution >= 4 is 11.7 Å². The molecule has 0 unspecified atom stereocenters. The summed E-state index contributed by atoms with van der Waals surface area (Å²) in [7, 11) is 0. The van der Waals surface area contributed by atoms with Gasteiger partial charge in [-0.2, -0.15) is 0 Å². The van der Waals surface area contributed by atoms with Crippen LogP contribution < -0.4 is 4.74 Å². The largest absolute Gasteiger partial charge is 0.487 e. The van der Waals surface area contributed by atoms with Crippen molar-refractivity contribution in [3.63, 3.8) is 0 Å². The molecule has 1 rings (SSSR count). The Morgan fingerprint density at radius 1 is 1.43 bits per heavy atom. The van der Waals surface area contributed by atoms with Crippen molar-refractivity contribution in [1.29, 1.82) is 0 Å². The number of hydrogen-bond donors (Lipinski definition) is 1. The molecular weight excluding hydrogens is 281 g/mol. The second kappa shape index (κ2) is 7.01. The normalized spacial score (nSPS) is 11.2. The predicted octanol–water partition coefficient (Wildman–Crippen LogP) is 3.39. The fourth-order valence-corrected chi connectivity index (χ4v) is 1.71. The van der Waals surface area contributed by atoms with Gasteiger partial charge in [0, 0.05) is 12.1 Å². The van der Waals surface area contributed by atoms with E-state index in [1.807, 2.05) is 0 Å². The van der Waals surface area contributed by atoms with Gasteiger partial charge in [0.2, 0.25) is 0 Å². The van der Waals surface area contributed by atoms with E-state index in [1.165, 1.54) is 0 Å². The van der Waals surface area contributed by atoms with E-state index in [1.54, 1.807) is 13.8 Å². The second-order valence-electron chi connectivity index (χ2n) is 5.36. The number of carbonyl (C=O) groups is 1. The number of carboxylic acids is 1. The van der Waals surface area contributed by atoms with Gasteiger partial charge in [0.25, 0.3) is 0 Å². The molecule has 6 nitrogen and oxygen atoms in total. The molecule has 0 spiro atoms. The molecule has 0 amide bonds. The van der Waals surface area contributed by atoms with Crippen LogP contribution in [0.3, 0.4) is 0 Å². The summed E-state index contributed by atoms with van der Waals surface area (Å²) in [4.78, 5) is 21.0. The summed E-state index contributed by atoms with van der Waals surface area (Å²) in [5.74, 6) is -1.59. The van der Waals surface area contributed by atoms with Crippen molar-refractivity contribution in [2.45, 2.75) is 33.1 Å². The van der Waals surface area contributed by atoms with Gasteiger partial charge >= 0.3 is 11.7 Å². The lowest BCUT2D eigenvalue weighted by Gasteiger charge is -2.18. The third-order valence-corrected chi connectivity index (χ3v) is 3.15. The number of ether oxygens (including phenoxy) is 1. The highest BCUT2D eigenvalue weighted by molar-refractivity contribution is 5.73. The van der Waals surface area contributed by atoms with Crippen LogP contribution in [0.5, 0.6) is 5.75 Å². The molecule has 0 aromatic heterocycles. The fourth-order valence-electron chi connectivity index (χ4n) is 1.71. The zero-order chi connectivity index (χ0) is 16.0. The highest BCUT2D eigenvalue weighted by Crippen LogP contribution is 2.28. The summed E-state index contributed by atoms with van der Waals surface area (Å²) in [6.07, 6.45) is 1.60. The van der Waals surface area contributed by atoms with Crippen LogP contribution in [-0.2, 0) is 4.79 Å². The summed E-state index contributed by atoms with van der Waals surface area (Å²) < 4.78 is 18.3. The first-order chi connectivity index (χ1) is 9.74. The van der Waals surface area contributed by atoms with E-state index >= 15 is 0 Å². The van der Waals surface area contributed by atoms with E-state index in [4.69, 9.17) is 9.84 Å². The van der Waals surface area contributed by atoms with Crippen LogP contribution in [0, 0.1) is 21.3 Å². The topological polar surface area (TPSA) is 89.7 Å². The number of rotatable bonds is 8. The number of hydrogen-bond acceptors (Lipinski definition) is 4. The van der Waals surface area contributed by atoms with Crippen molar-refractivity contribution in [3.05, 3.63) is 34.1 Å². The Morgan fingerprint density at radius 3 is 2.67 bits per heavy atom. The van der Waals surface area contributed by atoms with Crippen molar-refractivity contribution < 1.29 is 24.0 Å². The number of halogens is 1. The number of aliphatic carboxylic acids is 1. The van der Waals surface area contributed by atoms with E-state index in [2.05, 4.69) is 0 Å². The molecule has 116 valence electrons. The maximum Gasteiger partial charge on any atom is 0.311 e. The third-order valence-electron chi connectivity index (χ3n) is 3.15. The zero-order valence-electron chi connectivity index (χ0n) is 12.0.